The molecule has 0 unspecified atom stereocenters. The predicted octanol–water partition coefficient (Wildman–Crippen LogP) is 2.92. The molecule has 0 saturated carbocycles. The van der Waals surface area contributed by atoms with E-state index in [4.69, 9.17) is 10.5 Å². The van der Waals surface area contributed by atoms with Crippen molar-refractivity contribution in [3.05, 3.63) is 42.5 Å². The number of carbonyl (C=O) groups is 1. The monoisotopic (exact) mass is 286 g/mol. The summed E-state index contributed by atoms with van der Waals surface area (Å²) in [5.74, 6) is -0.199. The average Bonchev–Trinajstić information content (AvgIpc) is 2.46. The summed E-state index contributed by atoms with van der Waals surface area (Å²) in [7, 11) is 1.62. The molecule has 0 aliphatic carbocycles. The van der Waals surface area contributed by atoms with Crippen molar-refractivity contribution in [3.8, 4) is 0 Å². The van der Waals surface area contributed by atoms with E-state index in [0.717, 1.165) is 16.5 Å². The summed E-state index contributed by atoms with van der Waals surface area (Å²) in [5, 5.41) is 5.08. The summed E-state index contributed by atoms with van der Waals surface area (Å²) < 4.78 is 5.31. The Hall–Kier alpha value is -1.91. The van der Waals surface area contributed by atoms with Gasteiger partial charge in [-0.1, -0.05) is 30.3 Å². The van der Waals surface area contributed by atoms with Crippen molar-refractivity contribution in [1.82, 2.24) is 0 Å². The van der Waals surface area contributed by atoms with Gasteiger partial charge in [0.1, 0.15) is 0 Å². The number of ether oxygens (including phenoxy) is 1. The Morgan fingerprint density at radius 2 is 1.90 bits per heavy atom. The molecule has 112 valence electrons. The van der Waals surface area contributed by atoms with Crippen LogP contribution in [0.15, 0.2) is 42.5 Å². The first-order valence-corrected chi connectivity index (χ1v) is 7.02. The van der Waals surface area contributed by atoms with E-state index in [1.165, 1.54) is 0 Å². The molecule has 0 aromatic heterocycles. The Morgan fingerprint density at radius 1 is 1.24 bits per heavy atom. The van der Waals surface area contributed by atoms with E-state index in [2.05, 4.69) is 5.32 Å². The Bertz CT molecular complexity index is 637. The topological polar surface area (TPSA) is 64.3 Å². The molecule has 4 heteroatoms. The molecule has 0 aliphatic heterocycles. The summed E-state index contributed by atoms with van der Waals surface area (Å²) in [4.78, 5) is 12.2. The second kappa shape index (κ2) is 6.24. The van der Waals surface area contributed by atoms with Crippen LogP contribution in [0.2, 0.25) is 0 Å². The van der Waals surface area contributed by atoms with E-state index in [-0.39, 0.29) is 5.91 Å². The lowest BCUT2D eigenvalue weighted by Gasteiger charge is -2.25. The van der Waals surface area contributed by atoms with E-state index in [9.17, 15) is 4.79 Å². The van der Waals surface area contributed by atoms with Gasteiger partial charge in [0, 0.05) is 12.8 Å². The van der Waals surface area contributed by atoms with E-state index in [1.807, 2.05) is 56.3 Å². The van der Waals surface area contributed by atoms with Crippen LogP contribution in [0.25, 0.3) is 10.8 Å². The fourth-order valence-electron chi connectivity index (χ4n) is 2.21. The van der Waals surface area contributed by atoms with E-state index >= 15 is 0 Å². The summed E-state index contributed by atoms with van der Waals surface area (Å²) >= 11 is 0. The molecule has 0 bridgehead atoms. The molecule has 0 radical (unpaired) electrons. The minimum atomic E-state index is -0.605. The van der Waals surface area contributed by atoms with Crippen LogP contribution in [0, 0.1) is 0 Å². The van der Waals surface area contributed by atoms with Crippen molar-refractivity contribution in [2.24, 2.45) is 5.73 Å². The Morgan fingerprint density at radius 3 is 2.57 bits per heavy atom. The molecular formula is C17H22N2O2. The molecular weight excluding hydrogens is 264 g/mol. The lowest BCUT2D eigenvalue weighted by atomic mass is 9.99. The second-order valence-electron chi connectivity index (χ2n) is 5.83. The third-order valence-corrected chi connectivity index (χ3v) is 3.62. The second-order valence-corrected chi connectivity index (χ2v) is 5.83. The molecule has 1 amide bonds. The highest BCUT2D eigenvalue weighted by Crippen LogP contribution is 2.20. The van der Waals surface area contributed by atoms with Crippen LogP contribution in [-0.2, 0) is 9.53 Å². The molecule has 1 atom stereocenters. The van der Waals surface area contributed by atoms with Gasteiger partial charge in [-0.15, -0.1) is 0 Å². The van der Waals surface area contributed by atoms with Crippen LogP contribution in [0.1, 0.15) is 20.3 Å². The minimum Gasteiger partial charge on any atom is -0.379 e. The molecule has 0 heterocycles. The Labute approximate surface area is 125 Å². The number of methoxy groups -OCH3 is 1. The highest BCUT2D eigenvalue weighted by molar-refractivity contribution is 5.97. The van der Waals surface area contributed by atoms with Gasteiger partial charge in [-0.25, -0.2) is 0 Å². The fraction of sp³-hybridized carbons (Fsp3) is 0.353. The first kappa shape index (κ1) is 15.5. The maximum atomic E-state index is 12.2. The number of fused-ring (bicyclic) bond motifs is 1. The van der Waals surface area contributed by atoms with Crippen LogP contribution < -0.4 is 11.1 Å². The van der Waals surface area contributed by atoms with Crippen LogP contribution in [0.4, 0.5) is 5.69 Å². The zero-order chi connectivity index (χ0) is 15.5. The first-order chi connectivity index (χ1) is 9.91. The van der Waals surface area contributed by atoms with Crippen LogP contribution in [0.5, 0.6) is 0 Å². The maximum Gasteiger partial charge on any atom is 0.241 e. The molecule has 21 heavy (non-hydrogen) atoms. The summed E-state index contributed by atoms with van der Waals surface area (Å²) in [5.41, 5.74) is 6.28. The lowest BCUT2D eigenvalue weighted by Crippen LogP contribution is -2.42. The molecule has 3 N–H and O–H groups in total. The number of nitrogens with one attached hydrogen (secondary N) is 1. The van der Waals surface area contributed by atoms with E-state index < -0.39 is 11.6 Å². The van der Waals surface area contributed by atoms with Gasteiger partial charge in [0.15, 0.2) is 0 Å². The van der Waals surface area contributed by atoms with Gasteiger partial charge in [-0.05, 0) is 43.2 Å². The Kier molecular flexibility index (Phi) is 4.60. The molecule has 0 saturated heterocycles. The summed E-state index contributed by atoms with van der Waals surface area (Å²) in [6, 6.07) is 13.2. The number of carbonyl (C=O) groups excluding carboxylic acids is 1. The van der Waals surface area contributed by atoms with Gasteiger partial charge in [0.2, 0.25) is 5.91 Å². The number of rotatable bonds is 5. The molecule has 0 aliphatic rings. The number of hydrogen-bond acceptors (Lipinski definition) is 3. The number of nitrogens with two attached hydrogens (primary N) is 1. The quantitative estimate of drug-likeness (QED) is 0.888. The van der Waals surface area contributed by atoms with Crippen molar-refractivity contribution in [1.29, 1.82) is 0 Å². The third-order valence-electron chi connectivity index (χ3n) is 3.62. The van der Waals surface area contributed by atoms with Gasteiger partial charge in [0.05, 0.1) is 11.6 Å². The van der Waals surface area contributed by atoms with Crippen LogP contribution in [-0.4, -0.2) is 24.7 Å². The van der Waals surface area contributed by atoms with Gasteiger partial charge in [-0.3, -0.25) is 4.79 Å². The van der Waals surface area contributed by atoms with Gasteiger partial charge >= 0.3 is 0 Å². The first-order valence-electron chi connectivity index (χ1n) is 7.02. The SMILES string of the molecule is COC(C)(C)C[C@H](N)C(=O)Nc1ccc2ccccc2c1. The third kappa shape index (κ3) is 4.03. The van der Waals surface area contributed by atoms with Gasteiger partial charge < -0.3 is 15.8 Å². The highest BCUT2D eigenvalue weighted by atomic mass is 16.5. The number of hydrogen-bond donors (Lipinski definition) is 2. The van der Waals surface area contributed by atoms with Crippen molar-refractivity contribution in [3.63, 3.8) is 0 Å². The average molecular weight is 286 g/mol. The van der Waals surface area contributed by atoms with Crippen molar-refractivity contribution >= 4 is 22.4 Å². The molecule has 2 aromatic rings. The maximum absolute atomic E-state index is 12.2. The lowest BCUT2D eigenvalue weighted by molar-refractivity contribution is -0.119. The van der Waals surface area contributed by atoms with Crippen molar-refractivity contribution < 1.29 is 9.53 Å². The fourth-order valence-corrected chi connectivity index (χ4v) is 2.21. The van der Waals surface area contributed by atoms with Gasteiger partial charge in [0.25, 0.3) is 0 Å². The number of anilines is 1. The normalized spacial score (nSPS) is 13.1. The molecule has 0 fully saturated rings. The Balaban J connectivity index is 2.07. The summed E-state index contributed by atoms with van der Waals surface area (Å²) in [6.07, 6.45) is 0.461. The van der Waals surface area contributed by atoms with Gasteiger partial charge in [-0.2, -0.15) is 0 Å². The molecule has 2 rings (SSSR count). The smallest absolute Gasteiger partial charge is 0.241 e. The van der Waals surface area contributed by atoms with Crippen LogP contribution >= 0.6 is 0 Å². The van der Waals surface area contributed by atoms with Crippen molar-refractivity contribution in [2.45, 2.75) is 31.9 Å². The molecule has 2 aromatic carbocycles. The number of amides is 1. The zero-order valence-electron chi connectivity index (χ0n) is 12.7. The molecule has 0 spiro atoms. The predicted molar refractivity (Wildman–Crippen MR) is 86.3 cm³/mol. The summed E-state index contributed by atoms with van der Waals surface area (Å²) in [6.45, 7) is 3.83. The van der Waals surface area contributed by atoms with Crippen LogP contribution in [0.3, 0.4) is 0 Å². The zero-order valence-corrected chi connectivity index (χ0v) is 12.7. The van der Waals surface area contributed by atoms with E-state index in [0.29, 0.717) is 6.42 Å². The number of benzene rings is 2. The minimum absolute atomic E-state index is 0.199. The highest BCUT2D eigenvalue weighted by Gasteiger charge is 2.25. The standard InChI is InChI=1S/C17H22N2O2/c1-17(2,21-3)11-15(18)16(20)19-14-9-8-12-6-4-5-7-13(12)10-14/h4-10,15H,11,18H2,1-3H3,(H,19,20)/t15-/m0/s1. The molecule has 4 nitrogen and oxygen atoms in total. The largest absolute Gasteiger partial charge is 0.379 e. The van der Waals surface area contributed by atoms with Crippen molar-refractivity contribution in [2.75, 3.05) is 12.4 Å². The van der Waals surface area contributed by atoms with E-state index in [1.54, 1.807) is 7.11 Å².